The van der Waals surface area contributed by atoms with Crippen molar-refractivity contribution in [3.63, 3.8) is 0 Å². The molecule has 1 aliphatic heterocycles. The van der Waals surface area contributed by atoms with E-state index in [1.54, 1.807) is 18.9 Å². The highest BCUT2D eigenvalue weighted by molar-refractivity contribution is 7.99. The Kier molecular flexibility index (Phi) is 6.81. The summed E-state index contributed by atoms with van der Waals surface area (Å²) in [5.74, 6) is 2.20. The third-order valence-corrected chi connectivity index (χ3v) is 6.90. The number of anilines is 1. The zero-order valence-corrected chi connectivity index (χ0v) is 20.3. The molecule has 0 radical (unpaired) electrons. The highest BCUT2D eigenvalue weighted by Crippen LogP contribution is 2.43. The number of nitrogens with zero attached hydrogens (tertiary/aromatic N) is 3. The third-order valence-electron chi connectivity index (χ3n) is 5.98. The Hall–Kier alpha value is -3.32. The van der Waals surface area contributed by atoms with Crippen LogP contribution >= 0.6 is 11.8 Å². The van der Waals surface area contributed by atoms with Crippen molar-refractivity contribution in [3.8, 4) is 22.9 Å². The van der Waals surface area contributed by atoms with Crippen LogP contribution in [-0.4, -0.2) is 28.0 Å². The van der Waals surface area contributed by atoms with E-state index < -0.39 is 6.23 Å². The molecule has 1 N–H and O–H groups in total. The maximum Gasteiger partial charge on any atom is 0.247 e. The van der Waals surface area contributed by atoms with Crippen LogP contribution in [0.15, 0.2) is 65.8 Å². The molecule has 174 valence electrons. The van der Waals surface area contributed by atoms with Crippen LogP contribution in [0.3, 0.4) is 0 Å². The molecule has 7 heteroatoms. The number of ether oxygens (including phenoxy) is 2. The molecule has 0 saturated carbocycles. The zero-order chi connectivity index (χ0) is 23.3. The maximum absolute atomic E-state index is 6.54. The number of rotatable bonds is 8. The Morgan fingerprint density at radius 1 is 0.971 bits per heavy atom. The lowest BCUT2D eigenvalue weighted by Gasteiger charge is -2.23. The molecule has 4 aromatic rings. The lowest BCUT2D eigenvalue weighted by atomic mass is 10.0. The van der Waals surface area contributed by atoms with E-state index in [0.717, 1.165) is 45.5 Å². The highest BCUT2D eigenvalue weighted by atomic mass is 32.2. The molecular formula is C27H28N4O2S. The van der Waals surface area contributed by atoms with Gasteiger partial charge in [0.05, 0.1) is 12.7 Å². The normalized spacial score (nSPS) is 14.5. The first kappa shape index (κ1) is 22.5. The molecule has 0 aliphatic carbocycles. The van der Waals surface area contributed by atoms with Crippen molar-refractivity contribution in [1.29, 1.82) is 0 Å². The molecule has 1 aliphatic rings. The van der Waals surface area contributed by atoms with Crippen LogP contribution in [0, 0.1) is 0 Å². The van der Waals surface area contributed by atoms with Crippen molar-refractivity contribution in [2.75, 3.05) is 18.2 Å². The molecule has 0 bridgehead atoms. The Morgan fingerprint density at radius 3 is 2.71 bits per heavy atom. The van der Waals surface area contributed by atoms with Gasteiger partial charge in [0.25, 0.3) is 0 Å². The predicted octanol–water partition coefficient (Wildman–Crippen LogP) is 6.88. The van der Waals surface area contributed by atoms with Gasteiger partial charge in [-0.2, -0.15) is 4.98 Å². The van der Waals surface area contributed by atoms with Gasteiger partial charge in [0.1, 0.15) is 5.75 Å². The van der Waals surface area contributed by atoms with Crippen LogP contribution in [0.4, 0.5) is 5.69 Å². The average Bonchev–Trinajstić information content (AvgIpc) is 3.04. The molecule has 2 heterocycles. The van der Waals surface area contributed by atoms with Crippen molar-refractivity contribution < 1.29 is 9.47 Å². The monoisotopic (exact) mass is 472 g/mol. The maximum atomic E-state index is 6.54. The van der Waals surface area contributed by atoms with Gasteiger partial charge in [0.2, 0.25) is 17.3 Å². The number of hydrogen-bond acceptors (Lipinski definition) is 7. The van der Waals surface area contributed by atoms with Crippen molar-refractivity contribution in [1.82, 2.24) is 15.2 Å². The highest BCUT2D eigenvalue weighted by Gasteiger charge is 2.29. The fraction of sp³-hybridized carbons (Fsp3) is 0.296. The van der Waals surface area contributed by atoms with Crippen LogP contribution in [0.5, 0.6) is 11.6 Å². The molecule has 0 spiro atoms. The molecule has 1 atom stereocenters. The fourth-order valence-electron chi connectivity index (χ4n) is 4.26. The summed E-state index contributed by atoms with van der Waals surface area (Å²) in [7, 11) is 1.68. The van der Waals surface area contributed by atoms with E-state index in [9.17, 15) is 0 Å². The third kappa shape index (κ3) is 4.53. The van der Waals surface area contributed by atoms with Crippen LogP contribution in [0.1, 0.15) is 44.4 Å². The van der Waals surface area contributed by atoms with Gasteiger partial charge in [0.15, 0.2) is 5.69 Å². The van der Waals surface area contributed by atoms with Gasteiger partial charge >= 0.3 is 0 Å². The molecule has 3 aromatic carbocycles. The van der Waals surface area contributed by atoms with Gasteiger partial charge in [-0.3, -0.25) is 0 Å². The summed E-state index contributed by atoms with van der Waals surface area (Å²) in [5.41, 5.74) is 3.40. The Morgan fingerprint density at radius 2 is 1.82 bits per heavy atom. The number of thioether (sulfide) groups is 1. The summed E-state index contributed by atoms with van der Waals surface area (Å²) in [5, 5.41) is 15.3. The first-order valence-corrected chi connectivity index (χ1v) is 12.7. The van der Waals surface area contributed by atoms with E-state index in [0.29, 0.717) is 16.7 Å². The minimum Gasteiger partial charge on any atom is -0.496 e. The largest absolute Gasteiger partial charge is 0.496 e. The average molecular weight is 473 g/mol. The minimum atomic E-state index is -0.512. The number of benzene rings is 3. The van der Waals surface area contributed by atoms with Crippen molar-refractivity contribution in [2.45, 2.75) is 44.0 Å². The molecule has 5 rings (SSSR count). The Balaban J connectivity index is 1.55. The molecular weight excluding hydrogens is 444 g/mol. The Bertz CT molecular complexity index is 1300. The van der Waals surface area contributed by atoms with Crippen LogP contribution < -0.4 is 14.8 Å². The fourth-order valence-corrected chi connectivity index (χ4v) is 5.03. The van der Waals surface area contributed by atoms with Crippen molar-refractivity contribution >= 4 is 28.2 Å². The Labute approximate surface area is 204 Å². The summed E-state index contributed by atoms with van der Waals surface area (Å²) in [6.45, 7) is 2.22. The molecule has 0 unspecified atom stereocenters. The van der Waals surface area contributed by atoms with E-state index in [1.807, 2.05) is 42.5 Å². The van der Waals surface area contributed by atoms with E-state index in [-0.39, 0.29) is 0 Å². The van der Waals surface area contributed by atoms with Crippen molar-refractivity contribution in [2.24, 2.45) is 0 Å². The topological polar surface area (TPSA) is 69.2 Å². The van der Waals surface area contributed by atoms with E-state index in [2.05, 4.69) is 40.6 Å². The number of hydrogen-bond donors (Lipinski definition) is 1. The second kappa shape index (κ2) is 10.3. The van der Waals surface area contributed by atoms with Crippen LogP contribution in [0.2, 0.25) is 0 Å². The van der Waals surface area contributed by atoms with Crippen LogP contribution in [0.25, 0.3) is 22.0 Å². The van der Waals surface area contributed by atoms with E-state index in [4.69, 9.17) is 14.5 Å². The standard InChI is InChI=1S/C27H28N4O2S/c1-3-4-5-10-17-34-27-29-26-24(30-31-27)20-13-8-9-14-21(20)28-25(33-26)23-19-12-7-6-11-18(19)15-16-22(23)32-2/h6-9,11-16,25,28H,3-5,10,17H2,1-2H3/t25-/m1/s1. The van der Waals surface area contributed by atoms with Gasteiger partial charge in [-0.05, 0) is 29.3 Å². The zero-order valence-electron chi connectivity index (χ0n) is 19.5. The van der Waals surface area contributed by atoms with Gasteiger partial charge in [-0.15, -0.1) is 10.2 Å². The van der Waals surface area contributed by atoms with Gasteiger partial charge in [-0.25, -0.2) is 0 Å². The SMILES string of the molecule is CCCCCCSc1nnc2c(n1)O[C@H](c1c(OC)ccc3ccccc13)Nc1ccccc1-2. The summed E-state index contributed by atoms with van der Waals surface area (Å²) in [4.78, 5) is 4.79. The molecule has 0 fully saturated rings. The minimum absolute atomic E-state index is 0.475. The molecule has 6 nitrogen and oxygen atoms in total. The van der Waals surface area contributed by atoms with Gasteiger partial charge in [0, 0.05) is 17.0 Å². The number of unbranched alkanes of at least 4 members (excludes halogenated alkanes) is 3. The molecule has 0 amide bonds. The predicted molar refractivity (Wildman–Crippen MR) is 138 cm³/mol. The smallest absolute Gasteiger partial charge is 0.247 e. The molecule has 1 aromatic heterocycles. The van der Waals surface area contributed by atoms with Gasteiger partial charge < -0.3 is 14.8 Å². The molecule has 0 saturated heterocycles. The van der Waals surface area contributed by atoms with Crippen LogP contribution in [-0.2, 0) is 0 Å². The second-order valence-corrected chi connectivity index (χ2v) is 9.31. The first-order valence-electron chi connectivity index (χ1n) is 11.7. The number of aromatic nitrogens is 3. The number of fused-ring (bicyclic) bond motifs is 4. The lowest BCUT2D eigenvalue weighted by molar-refractivity contribution is 0.221. The summed E-state index contributed by atoms with van der Waals surface area (Å²) >= 11 is 1.63. The molecule has 34 heavy (non-hydrogen) atoms. The second-order valence-electron chi connectivity index (χ2n) is 8.25. The van der Waals surface area contributed by atoms with Gasteiger partial charge in [-0.1, -0.05) is 86.5 Å². The van der Waals surface area contributed by atoms with Crippen molar-refractivity contribution in [3.05, 3.63) is 66.2 Å². The number of nitrogens with one attached hydrogen (secondary N) is 1. The van der Waals surface area contributed by atoms with E-state index in [1.165, 1.54) is 19.3 Å². The van der Waals surface area contributed by atoms with E-state index >= 15 is 0 Å². The number of para-hydroxylation sites is 1. The quantitative estimate of drug-likeness (QED) is 0.221. The number of methoxy groups -OCH3 is 1. The summed E-state index contributed by atoms with van der Waals surface area (Å²) in [6.07, 6.45) is 4.33. The summed E-state index contributed by atoms with van der Waals surface area (Å²) in [6, 6.07) is 20.3. The first-order chi connectivity index (χ1) is 16.8. The summed E-state index contributed by atoms with van der Waals surface area (Å²) < 4.78 is 12.3. The lowest BCUT2D eigenvalue weighted by Crippen LogP contribution is -2.18.